The van der Waals surface area contributed by atoms with Crippen molar-refractivity contribution >= 4 is 44.3 Å². The second-order valence-electron chi connectivity index (χ2n) is 3.86. The van der Waals surface area contributed by atoms with Crippen LogP contribution in [0.15, 0.2) is 46.9 Å². The van der Waals surface area contributed by atoms with Gasteiger partial charge in [-0.15, -0.1) is 0 Å². The molecule has 0 aliphatic rings. The van der Waals surface area contributed by atoms with E-state index >= 15 is 0 Å². The molecule has 0 saturated carbocycles. The lowest BCUT2D eigenvalue weighted by Crippen LogP contribution is -2.05. The Morgan fingerprint density at radius 3 is 2.61 bits per heavy atom. The molecule has 0 radical (unpaired) electrons. The van der Waals surface area contributed by atoms with Crippen LogP contribution in [0.25, 0.3) is 0 Å². The van der Waals surface area contributed by atoms with E-state index in [-0.39, 0.29) is 18.0 Å². The molecule has 2 aromatic rings. The van der Waals surface area contributed by atoms with Crippen molar-refractivity contribution in [1.82, 2.24) is 0 Å². The Balaban J connectivity index is 2.24. The molecule has 0 amide bonds. The Labute approximate surface area is 127 Å². The van der Waals surface area contributed by atoms with Gasteiger partial charge >= 0.3 is 0 Å². The molecule has 0 saturated heterocycles. The molecule has 0 aliphatic heterocycles. The number of Topliss-reactive ketones (excluding diaryl/α,β-unsaturated/α-hetero) is 1. The number of rotatable bonds is 3. The van der Waals surface area contributed by atoms with E-state index in [0.29, 0.717) is 15.6 Å². The van der Waals surface area contributed by atoms with Gasteiger partial charge in [-0.2, -0.15) is 0 Å². The number of halogens is 3. The van der Waals surface area contributed by atoms with Gasteiger partial charge in [-0.1, -0.05) is 34.1 Å². The summed E-state index contributed by atoms with van der Waals surface area (Å²) in [4.78, 5) is 12.1. The normalized spacial score (nSPS) is 10.4. The maximum atomic E-state index is 13.2. The average Bonchev–Trinajstić information content (AvgIpc) is 2.27. The number of hydrogen-bond donors (Lipinski definition) is 0. The summed E-state index contributed by atoms with van der Waals surface area (Å²) in [6.45, 7) is 0. The fourth-order valence-electron chi connectivity index (χ4n) is 1.68. The third-order valence-electron chi connectivity index (χ3n) is 2.46. The second kappa shape index (κ2) is 5.93. The summed E-state index contributed by atoms with van der Waals surface area (Å²) in [6.07, 6.45) is 0.205. The van der Waals surface area contributed by atoms with Gasteiger partial charge in [-0.3, -0.25) is 4.79 Å². The van der Waals surface area contributed by atoms with Crippen LogP contribution < -0.4 is 0 Å². The van der Waals surface area contributed by atoms with E-state index < -0.39 is 0 Å². The maximum absolute atomic E-state index is 13.2. The van der Waals surface area contributed by atoms with Gasteiger partial charge in [0, 0.05) is 20.0 Å². The lowest BCUT2D eigenvalue weighted by Gasteiger charge is -2.04. The van der Waals surface area contributed by atoms with Crippen molar-refractivity contribution in [2.75, 3.05) is 0 Å². The highest BCUT2D eigenvalue weighted by Gasteiger charge is 2.11. The molecule has 0 fully saturated rings. The van der Waals surface area contributed by atoms with Gasteiger partial charge in [0.2, 0.25) is 0 Å². The smallest absolute Gasteiger partial charge is 0.168 e. The van der Waals surface area contributed by atoms with Gasteiger partial charge in [0.25, 0.3) is 0 Å². The lowest BCUT2D eigenvalue weighted by atomic mass is 10.0. The number of hydrogen-bond acceptors (Lipinski definition) is 1. The van der Waals surface area contributed by atoms with Crippen molar-refractivity contribution < 1.29 is 9.18 Å². The molecule has 0 aliphatic carbocycles. The van der Waals surface area contributed by atoms with Crippen LogP contribution in [0.3, 0.4) is 0 Å². The maximum Gasteiger partial charge on any atom is 0.168 e. The van der Waals surface area contributed by atoms with Crippen LogP contribution >= 0.6 is 38.5 Å². The minimum Gasteiger partial charge on any atom is -0.294 e. The summed E-state index contributed by atoms with van der Waals surface area (Å²) in [5.74, 6) is -0.340. The lowest BCUT2D eigenvalue weighted by molar-refractivity contribution is 0.0992. The molecule has 0 unspecified atom stereocenters. The fraction of sp³-hybridized carbons (Fsp3) is 0.0714. The van der Waals surface area contributed by atoms with Crippen molar-refractivity contribution in [1.29, 1.82) is 0 Å². The molecule has 92 valence electrons. The van der Waals surface area contributed by atoms with E-state index in [1.165, 1.54) is 12.1 Å². The van der Waals surface area contributed by atoms with Gasteiger partial charge in [0.1, 0.15) is 5.82 Å². The Kier molecular flexibility index (Phi) is 4.50. The van der Waals surface area contributed by atoms with E-state index in [4.69, 9.17) is 0 Å². The average molecular weight is 419 g/mol. The van der Waals surface area contributed by atoms with Gasteiger partial charge in [0.05, 0.1) is 0 Å². The first-order chi connectivity index (χ1) is 8.56. The van der Waals surface area contributed by atoms with Crippen molar-refractivity contribution in [2.24, 2.45) is 0 Å². The predicted octanol–water partition coefficient (Wildman–Crippen LogP) is 4.62. The number of carbonyl (C=O) groups is 1. The largest absolute Gasteiger partial charge is 0.294 e. The van der Waals surface area contributed by atoms with E-state index in [1.54, 1.807) is 12.1 Å². The Bertz CT molecular complexity index is 578. The van der Waals surface area contributed by atoms with Gasteiger partial charge < -0.3 is 0 Å². The number of benzene rings is 2. The number of carbonyl (C=O) groups excluding carboxylic acids is 1. The molecule has 0 bridgehead atoms. The minimum absolute atomic E-state index is 0.00231. The van der Waals surface area contributed by atoms with Crippen molar-refractivity contribution in [3.63, 3.8) is 0 Å². The zero-order chi connectivity index (χ0) is 13.1. The van der Waals surface area contributed by atoms with Crippen molar-refractivity contribution in [3.8, 4) is 0 Å². The summed E-state index contributed by atoms with van der Waals surface area (Å²) in [7, 11) is 0. The van der Waals surface area contributed by atoms with Crippen LogP contribution in [0, 0.1) is 9.39 Å². The highest BCUT2D eigenvalue weighted by atomic mass is 127. The van der Waals surface area contributed by atoms with Gasteiger partial charge in [0.15, 0.2) is 5.78 Å². The zero-order valence-electron chi connectivity index (χ0n) is 9.29. The quantitative estimate of drug-likeness (QED) is 0.525. The highest BCUT2D eigenvalue weighted by Crippen LogP contribution is 2.18. The molecule has 0 aromatic heterocycles. The second-order valence-corrected chi connectivity index (χ2v) is 5.94. The van der Waals surface area contributed by atoms with Crippen LogP contribution in [-0.4, -0.2) is 5.78 Å². The Morgan fingerprint density at radius 2 is 1.94 bits per heavy atom. The third kappa shape index (κ3) is 3.38. The summed E-state index contributed by atoms with van der Waals surface area (Å²) >= 11 is 5.35. The highest BCUT2D eigenvalue weighted by molar-refractivity contribution is 14.1. The summed E-state index contributed by atoms with van der Waals surface area (Å²) < 4.78 is 14.8. The first-order valence-electron chi connectivity index (χ1n) is 5.29. The topological polar surface area (TPSA) is 17.1 Å². The minimum atomic E-state index is -0.338. The predicted molar refractivity (Wildman–Crippen MR) is 81.3 cm³/mol. The Morgan fingerprint density at radius 1 is 1.22 bits per heavy atom. The number of ketones is 1. The van der Waals surface area contributed by atoms with E-state index in [0.717, 1.165) is 3.57 Å². The van der Waals surface area contributed by atoms with E-state index in [1.807, 2.05) is 18.2 Å². The summed E-state index contributed by atoms with van der Waals surface area (Å²) in [6, 6.07) is 11.9. The molecular weight excluding hydrogens is 410 g/mol. The Hall–Kier alpha value is -0.750. The third-order valence-corrected chi connectivity index (χ3v) is 3.86. The van der Waals surface area contributed by atoms with Crippen LogP contribution in [-0.2, 0) is 6.42 Å². The molecule has 0 heterocycles. The van der Waals surface area contributed by atoms with Gasteiger partial charge in [-0.25, -0.2) is 4.39 Å². The zero-order valence-corrected chi connectivity index (χ0v) is 13.0. The van der Waals surface area contributed by atoms with Crippen molar-refractivity contribution in [2.45, 2.75) is 6.42 Å². The molecule has 0 spiro atoms. The van der Waals surface area contributed by atoms with Crippen LogP contribution in [0.1, 0.15) is 15.9 Å². The first kappa shape index (κ1) is 13.7. The van der Waals surface area contributed by atoms with Crippen LogP contribution in [0.5, 0.6) is 0 Å². The molecule has 2 aromatic carbocycles. The summed E-state index contributed by atoms with van der Waals surface area (Å²) in [5.41, 5.74) is 1.35. The SMILES string of the molecule is O=C(Cc1cc(F)cc(Br)c1)c1ccccc1I. The fourth-order valence-corrected chi connectivity index (χ4v) is 2.88. The standard InChI is InChI=1S/C14H9BrFIO/c15-10-5-9(6-11(16)8-10)7-14(18)12-3-1-2-4-13(12)17/h1-6,8H,7H2. The van der Waals surface area contributed by atoms with Crippen LogP contribution in [0.4, 0.5) is 4.39 Å². The van der Waals surface area contributed by atoms with Crippen LogP contribution in [0.2, 0.25) is 0 Å². The monoisotopic (exact) mass is 418 g/mol. The van der Waals surface area contributed by atoms with E-state index in [9.17, 15) is 9.18 Å². The van der Waals surface area contributed by atoms with Crippen molar-refractivity contribution in [3.05, 3.63) is 67.5 Å². The molecule has 0 N–H and O–H groups in total. The molecule has 18 heavy (non-hydrogen) atoms. The molecule has 4 heteroatoms. The summed E-state index contributed by atoms with van der Waals surface area (Å²) in [5, 5.41) is 0. The molecule has 0 atom stereocenters. The molecular formula is C14H9BrFIO. The molecule has 2 rings (SSSR count). The molecule has 1 nitrogen and oxygen atoms in total. The first-order valence-corrected chi connectivity index (χ1v) is 7.16. The van der Waals surface area contributed by atoms with E-state index in [2.05, 4.69) is 38.5 Å². The van der Waals surface area contributed by atoms with Gasteiger partial charge in [-0.05, 0) is 52.4 Å².